The molecule has 1 aliphatic rings. The van der Waals surface area contributed by atoms with E-state index in [0.717, 1.165) is 19.7 Å². The summed E-state index contributed by atoms with van der Waals surface area (Å²) in [5, 5.41) is -0.0127. The van der Waals surface area contributed by atoms with Crippen LogP contribution in [0.1, 0.15) is 6.92 Å². The lowest BCUT2D eigenvalue weighted by molar-refractivity contribution is 0.0410. The minimum absolute atomic E-state index is 0.425. The second-order valence-corrected chi connectivity index (χ2v) is 8.92. The molecule has 1 unspecified atom stereocenters. The maximum absolute atomic E-state index is 9.51. The van der Waals surface area contributed by atoms with Crippen molar-refractivity contribution >= 4 is 38.9 Å². The molecule has 0 aromatic heterocycles. The predicted molar refractivity (Wildman–Crippen MR) is 53.4 cm³/mol. The summed E-state index contributed by atoms with van der Waals surface area (Å²) in [7, 11) is 0. The van der Waals surface area contributed by atoms with E-state index in [2.05, 4.69) is 46.0 Å². The Balaban J connectivity index is 0.000000217. The summed E-state index contributed by atoms with van der Waals surface area (Å²) in [5.74, 6) is 0. The topological polar surface area (TPSA) is 38.3 Å². The van der Waals surface area contributed by atoms with Gasteiger partial charge in [-0.25, -0.2) is 0 Å². The first-order chi connectivity index (χ1) is 5.39. The zero-order chi connectivity index (χ0) is 9.61. The van der Waals surface area contributed by atoms with Gasteiger partial charge in [0.25, 0.3) is 0 Å². The van der Waals surface area contributed by atoms with Crippen LogP contribution < -0.4 is 5.32 Å². The van der Waals surface area contributed by atoms with Crippen LogP contribution in [0, 0.1) is 0 Å². The lowest BCUT2D eigenvalue weighted by atomic mass is 10.3. The third kappa shape index (κ3) is 13.6. The average molecular weight is 254 g/mol. The number of rotatable bonds is 0. The van der Waals surface area contributed by atoms with Crippen LogP contribution in [0.3, 0.4) is 0 Å². The molecule has 0 radical (unpaired) electrons. The van der Waals surface area contributed by atoms with Crippen molar-refractivity contribution in [3.05, 3.63) is 0 Å². The summed E-state index contributed by atoms with van der Waals surface area (Å²) >= 11 is 13.8. The number of nitrogens with one attached hydrogen (secondary N) is 1. The van der Waals surface area contributed by atoms with Crippen LogP contribution in [0.15, 0.2) is 0 Å². The van der Waals surface area contributed by atoms with Crippen LogP contribution in [-0.2, 0) is 9.30 Å². The fourth-order valence-electron chi connectivity index (χ4n) is 0.697. The molecular weight excluding hydrogens is 243 g/mol. The Bertz CT molecular complexity index is 149. The first kappa shape index (κ1) is 13.0. The molecule has 0 aromatic carbocycles. The molecule has 1 saturated heterocycles. The van der Waals surface area contributed by atoms with Crippen molar-refractivity contribution in [1.82, 2.24) is 5.32 Å². The van der Waals surface area contributed by atoms with Crippen molar-refractivity contribution in [2.24, 2.45) is 0 Å². The Morgan fingerprint density at radius 1 is 1.50 bits per heavy atom. The number of ether oxygens (including phenoxy) is 1. The molecule has 0 saturated carbocycles. The highest BCUT2D eigenvalue weighted by atomic mass is 36.0. The fourth-order valence-corrected chi connectivity index (χ4v) is 0.697. The standard InChI is InChI=1S/C5H11NO.Cl3OP/c1-5-4-6-2-3-7-5;1-5(2,3)4/h5-6H,2-4H2,1H3;. The van der Waals surface area contributed by atoms with Gasteiger partial charge in [0.15, 0.2) is 0 Å². The molecule has 1 aliphatic heterocycles. The van der Waals surface area contributed by atoms with Crippen molar-refractivity contribution in [3.8, 4) is 0 Å². The van der Waals surface area contributed by atoms with Crippen molar-refractivity contribution < 1.29 is 9.30 Å². The lowest BCUT2D eigenvalue weighted by Crippen LogP contribution is -2.36. The maximum Gasteiger partial charge on any atom is 0.339 e. The minimum Gasteiger partial charge on any atom is -0.376 e. The average Bonchev–Trinajstić information content (AvgIpc) is 1.85. The van der Waals surface area contributed by atoms with E-state index in [1.165, 1.54) is 0 Å². The molecule has 7 heteroatoms. The minimum atomic E-state index is -3.22. The summed E-state index contributed by atoms with van der Waals surface area (Å²) < 4.78 is 14.7. The van der Waals surface area contributed by atoms with Gasteiger partial charge in [-0.2, -0.15) is 0 Å². The van der Waals surface area contributed by atoms with E-state index in [9.17, 15) is 4.57 Å². The highest BCUT2D eigenvalue weighted by Gasteiger charge is 2.04. The fraction of sp³-hybridized carbons (Fsp3) is 1.00. The molecule has 12 heavy (non-hydrogen) atoms. The first-order valence-corrected chi connectivity index (χ1v) is 7.83. The third-order valence-electron chi connectivity index (χ3n) is 1.11. The molecule has 1 rings (SSSR count). The van der Waals surface area contributed by atoms with Gasteiger partial charge in [0.1, 0.15) is 0 Å². The van der Waals surface area contributed by atoms with Crippen LogP contribution in [0.4, 0.5) is 0 Å². The second kappa shape index (κ2) is 6.47. The van der Waals surface area contributed by atoms with Gasteiger partial charge < -0.3 is 10.1 Å². The highest BCUT2D eigenvalue weighted by molar-refractivity contribution is 8.24. The largest absolute Gasteiger partial charge is 0.376 e. The monoisotopic (exact) mass is 253 g/mol. The number of hydrogen-bond acceptors (Lipinski definition) is 3. The molecule has 1 fully saturated rings. The molecule has 1 heterocycles. The molecule has 0 aliphatic carbocycles. The Hall–Kier alpha value is 1.02. The number of morpholine rings is 1. The normalized spacial score (nSPS) is 24.2. The second-order valence-electron chi connectivity index (χ2n) is 2.28. The number of halogens is 3. The number of hydrogen-bond donors (Lipinski definition) is 1. The van der Waals surface area contributed by atoms with E-state index in [1.807, 2.05) is 0 Å². The van der Waals surface area contributed by atoms with Gasteiger partial charge >= 0.3 is 5.20 Å². The van der Waals surface area contributed by atoms with Gasteiger partial charge in [0.05, 0.1) is 12.7 Å². The Morgan fingerprint density at radius 2 is 2.00 bits per heavy atom. The quantitative estimate of drug-likeness (QED) is 0.676. The van der Waals surface area contributed by atoms with Gasteiger partial charge in [-0.15, -0.1) is 0 Å². The van der Waals surface area contributed by atoms with E-state index in [-0.39, 0.29) is 0 Å². The van der Waals surface area contributed by atoms with E-state index in [0.29, 0.717) is 6.10 Å². The third-order valence-corrected chi connectivity index (χ3v) is 1.11. The zero-order valence-electron chi connectivity index (χ0n) is 6.60. The molecule has 0 aromatic rings. The summed E-state index contributed by atoms with van der Waals surface area (Å²) in [5.41, 5.74) is 0. The van der Waals surface area contributed by atoms with E-state index >= 15 is 0 Å². The Morgan fingerprint density at radius 3 is 2.17 bits per heavy atom. The SMILES string of the molecule is CC1CNCCO1.O=P(Cl)(Cl)Cl. The Kier molecular flexibility index (Phi) is 7.02. The van der Waals surface area contributed by atoms with Gasteiger partial charge in [-0.3, -0.25) is 4.57 Å². The smallest absolute Gasteiger partial charge is 0.339 e. The Labute approximate surface area is 86.4 Å². The molecule has 0 amide bonds. The van der Waals surface area contributed by atoms with Crippen LogP contribution in [0.2, 0.25) is 0 Å². The first-order valence-electron chi connectivity index (χ1n) is 3.41. The predicted octanol–water partition coefficient (Wildman–Crippen LogP) is 2.81. The van der Waals surface area contributed by atoms with Crippen LogP contribution in [-0.4, -0.2) is 25.8 Å². The lowest BCUT2D eigenvalue weighted by Gasteiger charge is -2.18. The van der Waals surface area contributed by atoms with Crippen molar-refractivity contribution in [3.63, 3.8) is 0 Å². The molecular formula is C5H11Cl3NO2P. The van der Waals surface area contributed by atoms with Gasteiger partial charge in [-0.1, -0.05) is 0 Å². The van der Waals surface area contributed by atoms with Gasteiger partial charge in [0.2, 0.25) is 0 Å². The van der Waals surface area contributed by atoms with Crippen molar-refractivity contribution in [2.75, 3.05) is 19.7 Å². The van der Waals surface area contributed by atoms with Gasteiger partial charge in [0, 0.05) is 13.1 Å². The van der Waals surface area contributed by atoms with Crippen LogP contribution in [0.25, 0.3) is 0 Å². The van der Waals surface area contributed by atoms with E-state index in [1.54, 1.807) is 0 Å². The van der Waals surface area contributed by atoms with Gasteiger partial charge in [-0.05, 0) is 40.6 Å². The molecule has 0 bridgehead atoms. The highest BCUT2D eigenvalue weighted by Crippen LogP contribution is 2.61. The summed E-state index contributed by atoms with van der Waals surface area (Å²) in [6, 6.07) is 0. The molecule has 74 valence electrons. The maximum atomic E-state index is 9.51. The summed E-state index contributed by atoms with van der Waals surface area (Å²) in [6.07, 6.45) is 0.425. The molecule has 1 N–H and O–H groups in total. The van der Waals surface area contributed by atoms with Crippen molar-refractivity contribution in [2.45, 2.75) is 13.0 Å². The molecule has 0 spiro atoms. The molecule has 3 nitrogen and oxygen atoms in total. The summed E-state index contributed by atoms with van der Waals surface area (Å²) in [4.78, 5) is 0. The summed E-state index contributed by atoms with van der Waals surface area (Å²) in [6.45, 7) is 4.98. The zero-order valence-corrected chi connectivity index (χ0v) is 9.76. The van der Waals surface area contributed by atoms with E-state index < -0.39 is 5.20 Å². The van der Waals surface area contributed by atoms with Crippen LogP contribution >= 0.6 is 38.9 Å². The van der Waals surface area contributed by atoms with Crippen LogP contribution in [0.5, 0.6) is 0 Å². The molecule has 1 atom stereocenters. The van der Waals surface area contributed by atoms with E-state index in [4.69, 9.17) is 4.74 Å². The van der Waals surface area contributed by atoms with Crippen molar-refractivity contribution in [1.29, 1.82) is 0 Å².